The van der Waals surface area contributed by atoms with Crippen molar-refractivity contribution in [1.82, 2.24) is 4.98 Å². The van der Waals surface area contributed by atoms with Gasteiger partial charge in [-0.2, -0.15) is 5.26 Å². The van der Waals surface area contributed by atoms with Gasteiger partial charge in [-0.1, -0.05) is 30.3 Å². The van der Waals surface area contributed by atoms with E-state index in [0.29, 0.717) is 5.69 Å². The van der Waals surface area contributed by atoms with Crippen molar-refractivity contribution in [3.63, 3.8) is 0 Å². The highest BCUT2D eigenvalue weighted by molar-refractivity contribution is 5.27. The largest absolute Gasteiger partial charge is 0.353 e. The number of hydrogen-bond acceptors (Lipinski definition) is 1. The summed E-state index contributed by atoms with van der Waals surface area (Å²) >= 11 is 0. The number of H-pyrrole nitrogens is 1. The molecule has 0 bridgehead atoms. The molecule has 0 aliphatic carbocycles. The normalized spacial score (nSPS) is 9.80. The van der Waals surface area contributed by atoms with E-state index in [4.69, 9.17) is 5.26 Å². The molecule has 74 valence electrons. The molecule has 0 unspecified atom stereocenters. The number of aryl methyl sites for hydroxylation is 2. The minimum Gasteiger partial charge on any atom is -0.353 e. The van der Waals surface area contributed by atoms with E-state index < -0.39 is 0 Å². The Morgan fingerprint density at radius 3 is 2.47 bits per heavy atom. The van der Waals surface area contributed by atoms with Crippen LogP contribution < -0.4 is 0 Å². The van der Waals surface area contributed by atoms with Crippen molar-refractivity contribution < 1.29 is 0 Å². The molecule has 2 aromatic rings. The molecule has 0 radical (unpaired) electrons. The average molecular weight is 196 g/mol. The SMILES string of the molecule is N#Cc1cc(CCc2ccccc2)c[nH]1. The molecule has 2 heteroatoms. The first kappa shape index (κ1) is 9.54. The highest BCUT2D eigenvalue weighted by Gasteiger charge is 1.98. The molecule has 0 fully saturated rings. The number of aromatic amines is 1. The zero-order chi connectivity index (χ0) is 10.5. The van der Waals surface area contributed by atoms with Crippen LogP contribution in [0.4, 0.5) is 0 Å². The van der Waals surface area contributed by atoms with Crippen LogP contribution in [-0.2, 0) is 12.8 Å². The highest BCUT2D eigenvalue weighted by atomic mass is 14.7. The van der Waals surface area contributed by atoms with E-state index in [0.717, 1.165) is 12.8 Å². The van der Waals surface area contributed by atoms with E-state index >= 15 is 0 Å². The number of nitriles is 1. The van der Waals surface area contributed by atoms with Gasteiger partial charge in [0.15, 0.2) is 0 Å². The summed E-state index contributed by atoms with van der Waals surface area (Å²) in [5, 5.41) is 8.65. The first-order valence-electron chi connectivity index (χ1n) is 5.00. The fraction of sp³-hybridized carbons (Fsp3) is 0.154. The number of nitrogens with zero attached hydrogens (tertiary/aromatic N) is 1. The molecular weight excluding hydrogens is 184 g/mol. The number of aromatic nitrogens is 1. The lowest BCUT2D eigenvalue weighted by molar-refractivity contribution is 0.962. The van der Waals surface area contributed by atoms with Gasteiger partial charge in [-0.25, -0.2) is 0 Å². The average Bonchev–Trinajstić information content (AvgIpc) is 2.76. The van der Waals surface area contributed by atoms with Gasteiger partial charge in [-0.15, -0.1) is 0 Å². The molecule has 0 aliphatic rings. The van der Waals surface area contributed by atoms with Crippen LogP contribution in [0.2, 0.25) is 0 Å². The molecule has 0 amide bonds. The van der Waals surface area contributed by atoms with Crippen LogP contribution in [0.3, 0.4) is 0 Å². The summed E-state index contributed by atoms with van der Waals surface area (Å²) in [5.74, 6) is 0. The lowest BCUT2D eigenvalue weighted by atomic mass is 10.1. The third kappa shape index (κ3) is 2.47. The minimum absolute atomic E-state index is 0.637. The standard InChI is InChI=1S/C13H12N2/c14-9-13-8-12(10-15-13)7-6-11-4-2-1-3-5-11/h1-5,8,10,15H,6-7H2. The number of rotatable bonds is 3. The quantitative estimate of drug-likeness (QED) is 0.805. The predicted molar refractivity (Wildman–Crippen MR) is 59.4 cm³/mol. The number of hydrogen-bond donors (Lipinski definition) is 1. The summed E-state index contributed by atoms with van der Waals surface area (Å²) < 4.78 is 0. The molecule has 0 saturated heterocycles. The Morgan fingerprint density at radius 2 is 1.80 bits per heavy atom. The lowest BCUT2D eigenvalue weighted by Gasteiger charge is -1.98. The molecule has 2 nitrogen and oxygen atoms in total. The smallest absolute Gasteiger partial charge is 0.117 e. The molecule has 0 atom stereocenters. The molecule has 1 aromatic carbocycles. The third-order valence-electron chi connectivity index (χ3n) is 2.41. The Bertz CT molecular complexity index is 463. The maximum Gasteiger partial charge on any atom is 0.117 e. The molecule has 0 spiro atoms. The first-order chi connectivity index (χ1) is 7.38. The van der Waals surface area contributed by atoms with E-state index in [2.05, 4.69) is 23.2 Å². The van der Waals surface area contributed by atoms with Crippen LogP contribution in [0.5, 0.6) is 0 Å². The maximum absolute atomic E-state index is 8.65. The summed E-state index contributed by atoms with van der Waals surface area (Å²) in [6.45, 7) is 0. The van der Waals surface area contributed by atoms with E-state index in [-0.39, 0.29) is 0 Å². The van der Waals surface area contributed by atoms with Crippen molar-refractivity contribution >= 4 is 0 Å². The van der Waals surface area contributed by atoms with E-state index in [1.54, 1.807) is 0 Å². The van der Waals surface area contributed by atoms with Crippen LogP contribution in [0.25, 0.3) is 0 Å². The molecule has 1 aromatic heterocycles. The fourth-order valence-electron chi connectivity index (χ4n) is 1.58. The predicted octanol–water partition coefficient (Wildman–Crippen LogP) is 2.67. The molecule has 1 heterocycles. The molecule has 0 aliphatic heterocycles. The topological polar surface area (TPSA) is 39.6 Å². The van der Waals surface area contributed by atoms with Gasteiger partial charge >= 0.3 is 0 Å². The monoisotopic (exact) mass is 196 g/mol. The van der Waals surface area contributed by atoms with Crippen molar-refractivity contribution in [2.75, 3.05) is 0 Å². The van der Waals surface area contributed by atoms with Crippen molar-refractivity contribution in [3.05, 3.63) is 59.4 Å². The lowest BCUT2D eigenvalue weighted by Crippen LogP contribution is -1.88. The van der Waals surface area contributed by atoms with Gasteiger partial charge < -0.3 is 4.98 Å². The zero-order valence-corrected chi connectivity index (χ0v) is 8.40. The van der Waals surface area contributed by atoms with Gasteiger partial charge in [-0.3, -0.25) is 0 Å². The Kier molecular flexibility index (Phi) is 2.85. The van der Waals surface area contributed by atoms with Crippen molar-refractivity contribution in [1.29, 1.82) is 5.26 Å². The zero-order valence-electron chi connectivity index (χ0n) is 8.40. The van der Waals surface area contributed by atoms with Gasteiger partial charge in [0, 0.05) is 6.20 Å². The van der Waals surface area contributed by atoms with E-state index in [1.807, 2.05) is 30.5 Å². The van der Waals surface area contributed by atoms with Gasteiger partial charge in [0.1, 0.15) is 11.8 Å². The Balaban J connectivity index is 1.97. The van der Waals surface area contributed by atoms with Gasteiger partial charge in [0.2, 0.25) is 0 Å². The highest BCUT2D eigenvalue weighted by Crippen LogP contribution is 2.08. The maximum atomic E-state index is 8.65. The van der Waals surface area contributed by atoms with Gasteiger partial charge in [0.25, 0.3) is 0 Å². The van der Waals surface area contributed by atoms with Crippen LogP contribution in [-0.4, -0.2) is 4.98 Å². The first-order valence-corrected chi connectivity index (χ1v) is 5.00. The third-order valence-corrected chi connectivity index (χ3v) is 2.41. The molecule has 15 heavy (non-hydrogen) atoms. The van der Waals surface area contributed by atoms with Crippen molar-refractivity contribution in [2.45, 2.75) is 12.8 Å². The van der Waals surface area contributed by atoms with Crippen LogP contribution in [0.1, 0.15) is 16.8 Å². The second-order valence-electron chi connectivity index (χ2n) is 3.52. The van der Waals surface area contributed by atoms with Gasteiger partial charge in [-0.05, 0) is 30.0 Å². The second kappa shape index (κ2) is 4.47. The summed E-state index contributed by atoms with van der Waals surface area (Å²) in [4.78, 5) is 2.93. The minimum atomic E-state index is 0.637. The van der Waals surface area contributed by atoms with Crippen LogP contribution in [0, 0.1) is 11.3 Å². The van der Waals surface area contributed by atoms with Gasteiger partial charge in [0.05, 0.1) is 0 Å². The Labute approximate surface area is 89.2 Å². The van der Waals surface area contributed by atoms with Crippen molar-refractivity contribution in [3.8, 4) is 6.07 Å². The molecule has 2 rings (SSSR count). The molecule has 0 saturated carbocycles. The summed E-state index contributed by atoms with van der Waals surface area (Å²) in [5.41, 5.74) is 3.16. The number of nitrogens with one attached hydrogen (secondary N) is 1. The molecular formula is C13H12N2. The number of benzene rings is 1. The van der Waals surface area contributed by atoms with E-state index in [9.17, 15) is 0 Å². The van der Waals surface area contributed by atoms with Crippen LogP contribution >= 0.6 is 0 Å². The summed E-state index contributed by atoms with van der Waals surface area (Å²) in [6.07, 6.45) is 3.90. The van der Waals surface area contributed by atoms with E-state index in [1.165, 1.54) is 11.1 Å². The summed E-state index contributed by atoms with van der Waals surface area (Å²) in [6, 6.07) is 14.4. The van der Waals surface area contributed by atoms with Crippen molar-refractivity contribution in [2.24, 2.45) is 0 Å². The van der Waals surface area contributed by atoms with Crippen LogP contribution in [0.15, 0.2) is 42.6 Å². The molecule has 1 N–H and O–H groups in total. The Hall–Kier alpha value is -2.01. The summed E-state index contributed by atoms with van der Waals surface area (Å²) in [7, 11) is 0. The Morgan fingerprint density at radius 1 is 1.07 bits per heavy atom. The second-order valence-corrected chi connectivity index (χ2v) is 3.52. The fourth-order valence-corrected chi connectivity index (χ4v) is 1.58.